The summed E-state index contributed by atoms with van der Waals surface area (Å²) in [5.74, 6) is 0. The fraction of sp³-hybridized carbons (Fsp3) is 0.412. The molecule has 3 N–H and O–H groups in total. The third-order valence-corrected chi connectivity index (χ3v) is 4.15. The van der Waals surface area contributed by atoms with Crippen molar-refractivity contribution >= 4 is 23.1 Å². The van der Waals surface area contributed by atoms with Gasteiger partial charge in [0, 0.05) is 30.7 Å². The summed E-state index contributed by atoms with van der Waals surface area (Å²) in [4.78, 5) is 14.5. The lowest BCUT2D eigenvalue weighted by atomic mass is 10.1. The molecule has 0 saturated carbocycles. The van der Waals surface area contributed by atoms with Gasteiger partial charge in [0.1, 0.15) is 0 Å². The first kappa shape index (κ1) is 16.3. The third-order valence-electron chi connectivity index (χ3n) is 4.15. The molecule has 7 heteroatoms. The van der Waals surface area contributed by atoms with Gasteiger partial charge in [-0.2, -0.15) is 5.10 Å². The van der Waals surface area contributed by atoms with Crippen molar-refractivity contribution in [2.75, 3.05) is 35.2 Å². The lowest BCUT2D eigenvalue weighted by molar-refractivity contribution is 0.262. The topological polar surface area (TPSA) is 82.4 Å². The first-order valence-corrected chi connectivity index (χ1v) is 8.22. The van der Waals surface area contributed by atoms with E-state index in [1.807, 2.05) is 19.1 Å². The van der Waals surface area contributed by atoms with Crippen molar-refractivity contribution in [3.63, 3.8) is 0 Å². The van der Waals surface area contributed by atoms with Crippen molar-refractivity contribution in [3.05, 3.63) is 36.2 Å². The molecule has 0 atom stereocenters. The average Bonchev–Trinajstić information content (AvgIpc) is 3.22. The lowest BCUT2D eigenvalue weighted by Gasteiger charge is -2.19. The zero-order chi connectivity index (χ0) is 16.9. The van der Waals surface area contributed by atoms with Crippen LogP contribution in [0.25, 0.3) is 0 Å². The fourth-order valence-corrected chi connectivity index (χ4v) is 2.90. The standard InChI is InChI=1S/C17H23N5O2/c1-13-10-15(21-6-2-3-7-21)4-5-16(13)20-17(24)19-14-11-18-22(12-14)8-9-23/h4-5,10-12,23H,2-3,6-9H2,1H3,(H2,19,20,24). The van der Waals surface area contributed by atoms with Gasteiger partial charge < -0.3 is 20.6 Å². The Labute approximate surface area is 141 Å². The summed E-state index contributed by atoms with van der Waals surface area (Å²) in [5.41, 5.74) is 3.62. The summed E-state index contributed by atoms with van der Waals surface area (Å²) in [6, 6.07) is 5.79. The number of nitrogens with zero attached hydrogens (tertiary/aromatic N) is 3. The number of benzene rings is 1. The summed E-state index contributed by atoms with van der Waals surface area (Å²) >= 11 is 0. The van der Waals surface area contributed by atoms with Gasteiger partial charge in [-0.05, 0) is 43.5 Å². The minimum Gasteiger partial charge on any atom is -0.394 e. The first-order valence-electron chi connectivity index (χ1n) is 8.22. The molecule has 0 spiro atoms. The van der Waals surface area contributed by atoms with Gasteiger partial charge in [-0.1, -0.05) is 0 Å². The zero-order valence-electron chi connectivity index (χ0n) is 13.8. The second kappa shape index (κ2) is 7.35. The second-order valence-corrected chi connectivity index (χ2v) is 5.99. The number of urea groups is 1. The molecule has 7 nitrogen and oxygen atoms in total. The Hall–Kier alpha value is -2.54. The monoisotopic (exact) mass is 329 g/mol. The van der Waals surface area contributed by atoms with Crippen LogP contribution in [0, 0.1) is 6.92 Å². The Morgan fingerprint density at radius 1 is 1.29 bits per heavy atom. The highest BCUT2D eigenvalue weighted by atomic mass is 16.3. The molecule has 1 aromatic heterocycles. The molecule has 2 heterocycles. The summed E-state index contributed by atoms with van der Waals surface area (Å²) in [5, 5.41) is 18.5. The molecule has 1 saturated heterocycles. The number of aromatic nitrogens is 2. The van der Waals surface area contributed by atoms with Crippen LogP contribution in [0.5, 0.6) is 0 Å². The van der Waals surface area contributed by atoms with Crippen molar-refractivity contribution in [3.8, 4) is 0 Å². The summed E-state index contributed by atoms with van der Waals surface area (Å²) in [7, 11) is 0. The van der Waals surface area contributed by atoms with Crippen molar-refractivity contribution in [1.82, 2.24) is 9.78 Å². The van der Waals surface area contributed by atoms with E-state index in [1.54, 1.807) is 17.1 Å². The SMILES string of the molecule is Cc1cc(N2CCCC2)ccc1NC(=O)Nc1cnn(CCO)c1. The zero-order valence-corrected chi connectivity index (χ0v) is 13.8. The second-order valence-electron chi connectivity index (χ2n) is 5.99. The number of anilines is 3. The van der Waals surface area contributed by atoms with E-state index >= 15 is 0 Å². The molecular weight excluding hydrogens is 306 g/mol. The van der Waals surface area contributed by atoms with Gasteiger partial charge in [0.15, 0.2) is 0 Å². The highest BCUT2D eigenvalue weighted by Crippen LogP contribution is 2.25. The maximum Gasteiger partial charge on any atom is 0.323 e. The average molecular weight is 329 g/mol. The molecule has 24 heavy (non-hydrogen) atoms. The number of nitrogens with one attached hydrogen (secondary N) is 2. The highest BCUT2D eigenvalue weighted by molar-refractivity contribution is 6.00. The number of hydrogen-bond donors (Lipinski definition) is 3. The maximum absolute atomic E-state index is 12.1. The van der Waals surface area contributed by atoms with Gasteiger partial charge in [0.25, 0.3) is 0 Å². The molecule has 0 bridgehead atoms. The van der Waals surface area contributed by atoms with Crippen LogP contribution in [0.15, 0.2) is 30.6 Å². The van der Waals surface area contributed by atoms with E-state index in [-0.39, 0.29) is 12.6 Å². The van der Waals surface area contributed by atoms with Gasteiger partial charge >= 0.3 is 6.03 Å². The quantitative estimate of drug-likeness (QED) is 0.787. The summed E-state index contributed by atoms with van der Waals surface area (Å²) < 4.78 is 1.58. The first-order chi connectivity index (χ1) is 11.7. The van der Waals surface area contributed by atoms with Crippen LogP contribution in [-0.2, 0) is 6.54 Å². The number of aliphatic hydroxyl groups excluding tert-OH is 1. The van der Waals surface area contributed by atoms with E-state index in [1.165, 1.54) is 18.5 Å². The van der Waals surface area contributed by atoms with Crippen molar-refractivity contribution in [2.24, 2.45) is 0 Å². The molecule has 1 fully saturated rings. The van der Waals surface area contributed by atoms with Gasteiger partial charge in [-0.3, -0.25) is 4.68 Å². The van der Waals surface area contributed by atoms with Crippen LogP contribution in [-0.4, -0.2) is 40.6 Å². The number of carbonyl (C=O) groups excluding carboxylic acids is 1. The van der Waals surface area contributed by atoms with Gasteiger partial charge in [0.05, 0.1) is 25.0 Å². The van der Waals surface area contributed by atoms with Crippen LogP contribution in [0.3, 0.4) is 0 Å². The maximum atomic E-state index is 12.1. The van der Waals surface area contributed by atoms with Crippen molar-refractivity contribution in [2.45, 2.75) is 26.3 Å². The lowest BCUT2D eigenvalue weighted by Crippen LogP contribution is -2.20. The largest absolute Gasteiger partial charge is 0.394 e. The molecular formula is C17H23N5O2. The predicted octanol–water partition coefficient (Wildman–Crippen LogP) is 2.43. The van der Waals surface area contributed by atoms with E-state index in [4.69, 9.17) is 5.11 Å². The fourth-order valence-electron chi connectivity index (χ4n) is 2.90. The molecule has 0 unspecified atom stereocenters. The normalized spacial score (nSPS) is 14.0. The Kier molecular flexibility index (Phi) is 5.00. The Balaban J connectivity index is 1.61. The smallest absolute Gasteiger partial charge is 0.323 e. The molecule has 0 aliphatic carbocycles. The van der Waals surface area contributed by atoms with Crippen molar-refractivity contribution < 1.29 is 9.90 Å². The molecule has 0 radical (unpaired) electrons. The van der Waals surface area contributed by atoms with Gasteiger partial charge in [0.2, 0.25) is 0 Å². The molecule has 2 amide bonds. The molecule has 1 aliphatic rings. The van der Waals surface area contributed by atoms with E-state index in [0.717, 1.165) is 24.3 Å². The van der Waals surface area contributed by atoms with E-state index in [2.05, 4.69) is 26.7 Å². The summed E-state index contributed by atoms with van der Waals surface area (Å²) in [6.45, 7) is 4.61. The molecule has 2 aromatic rings. The van der Waals surface area contributed by atoms with Crippen LogP contribution < -0.4 is 15.5 Å². The predicted molar refractivity (Wildman–Crippen MR) is 94.6 cm³/mol. The molecule has 1 aromatic carbocycles. The minimum absolute atomic E-state index is 0.00980. The summed E-state index contributed by atoms with van der Waals surface area (Å²) in [6.07, 6.45) is 5.72. The third kappa shape index (κ3) is 3.86. The van der Waals surface area contributed by atoms with E-state index in [0.29, 0.717) is 12.2 Å². The van der Waals surface area contributed by atoms with Gasteiger partial charge in [-0.25, -0.2) is 4.79 Å². The molecule has 3 rings (SSSR count). The van der Waals surface area contributed by atoms with E-state index < -0.39 is 0 Å². The van der Waals surface area contributed by atoms with Crippen LogP contribution in [0.4, 0.5) is 21.9 Å². The Morgan fingerprint density at radius 2 is 2.08 bits per heavy atom. The number of aliphatic hydroxyl groups is 1. The van der Waals surface area contributed by atoms with Crippen LogP contribution in [0.1, 0.15) is 18.4 Å². The number of aryl methyl sites for hydroxylation is 1. The molecule has 128 valence electrons. The van der Waals surface area contributed by atoms with E-state index in [9.17, 15) is 4.79 Å². The Bertz CT molecular complexity index is 707. The number of amides is 2. The highest BCUT2D eigenvalue weighted by Gasteiger charge is 2.13. The van der Waals surface area contributed by atoms with Gasteiger partial charge in [-0.15, -0.1) is 0 Å². The van der Waals surface area contributed by atoms with Crippen LogP contribution in [0.2, 0.25) is 0 Å². The minimum atomic E-state index is -0.310. The van der Waals surface area contributed by atoms with Crippen molar-refractivity contribution in [1.29, 1.82) is 0 Å². The Morgan fingerprint density at radius 3 is 2.79 bits per heavy atom. The number of carbonyl (C=O) groups is 1. The molecule has 1 aliphatic heterocycles. The number of hydrogen-bond acceptors (Lipinski definition) is 4. The van der Waals surface area contributed by atoms with Crippen LogP contribution >= 0.6 is 0 Å². The number of rotatable bonds is 5.